The molecular weight excluding hydrogens is 533 g/mol. The van der Waals surface area contributed by atoms with Crippen LogP contribution in [0.25, 0.3) is 28.1 Å². The molecule has 0 saturated heterocycles. The van der Waals surface area contributed by atoms with Crippen molar-refractivity contribution in [3.05, 3.63) is 93.4 Å². The second-order valence-electron chi connectivity index (χ2n) is 10.5. The smallest absolute Gasteiger partial charge is 0.255 e. The fourth-order valence-corrected chi connectivity index (χ4v) is 5.23. The first kappa shape index (κ1) is 27.4. The fraction of sp³-hybridized carbons (Fsp3) is 0.226. The Hall–Kier alpha value is -4.14. The highest BCUT2D eigenvalue weighted by Crippen LogP contribution is 2.40. The first-order valence-electron chi connectivity index (χ1n) is 12.8. The van der Waals surface area contributed by atoms with E-state index in [1.54, 1.807) is 37.4 Å². The standard InChI is InChI=1S/C31H29ClFN3O4/c1-16-4-6-22(26(27(16)32)29(34)38)18-10-17-8-9-31(2,3)40-28(17)24(12-18)30(39)36-21(15-37)11-19-14-35-25-7-5-20(33)13-23(19)25/h4-10,12-14,21,35,37H,11,15H2,1-3H3,(H2,34,38)(H,36,39). The summed E-state index contributed by atoms with van der Waals surface area (Å²) in [5.74, 6) is -1.16. The van der Waals surface area contributed by atoms with Gasteiger partial charge in [-0.2, -0.15) is 0 Å². The molecule has 3 aromatic carbocycles. The molecular formula is C31H29ClFN3O4. The molecule has 1 aliphatic rings. The summed E-state index contributed by atoms with van der Waals surface area (Å²) >= 11 is 6.46. The molecule has 0 bridgehead atoms. The molecule has 1 aromatic heterocycles. The van der Waals surface area contributed by atoms with Crippen molar-refractivity contribution >= 4 is 40.4 Å². The summed E-state index contributed by atoms with van der Waals surface area (Å²) in [6.45, 7) is 5.18. The minimum Gasteiger partial charge on any atom is -0.482 e. The zero-order chi connectivity index (χ0) is 28.8. The molecule has 1 unspecified atom stereocenters. The fourth-order valence-electron chi connectivity index (χ4n) is 4.97. The third kappa shape index (κ3) is 5.20. The van der Waals surface area contributed by atoms with Crippen molar-refractivity contribution in [1.29, 1.82) is 0 Å². The number of hydrogen-bond donors (Lipinski definition) is 4. The number of aromatic amines is 1. The van der Waals surface area contributed by atoms with E-state index in [0.29, 0.717) is 33.4 Å². The van der Waals surface area contributed by atoms with Gasteiger partial charge in [0.15, 0.2) is 0 Å². The number of halogens is 2. The lowest BCUT2D eigenvalue weighted by Crippen LogP contribution is -2.40. The molecule has 9 heteroatoms. The number of aromatic nitrogens is 1. The average molecular weight is 562 g/mol. The minimum absolute atomic E-state index is 0.161. The van der Waals surface area contributed by atoms with Crippen molar-refractivity contribution < 1.29 is 23.8 Å². The van der Waals surface area contributed by atoms with Gasteiger partial charge in [0, 0.05) is 22.7 Å². The Morgan fingerprint density at radius 1 is 1.20 bits per heavy atom. The zero-order valence-electron chi connectivity index (χ0n) is 22.3. The van der Waals surface area contributed by atoms with Gasteiger partial charge >= 0.3 is 0 Å². The molecule has 2 heterocycles. The van der Waals surface area contributed by atoms with Gasteiger partial charge in [0.05, 0.1) is 28.8 Å². The molecule has 40 heavy (non-hydrogen) atoms. The molecule has 1 aliphatic heterocycles. The Labute approximate surface area is 235 Å². The number of aliphatic hydroxyl groups excluding tert-OH is 1. The lowest BCUT2D eigenvalue weighted by atomic mass is 9.91. The molecule has 4 aromatic rings. The number of benzene rings is 3. The number of fused-ring (bicyclic) bond motifs is 2. The van der Waals surface area contributed by atoms with Crippen molar-refractivity contribution in [2.24, 2.45) is 5.73 Å². The number of rotatable bonds is 7. The number of aliphatic hydroxyl groups is 1. The van der Waals surface area contributed by atoms with E-state index in [1.807, 2.05) is 32.1 Å². The van der Waals surface area contributed by atoms with Gasteiger partial charge in [0.2, 0.25) is 0 Å². The molecule has 1 atom stereocenters. The number of aryl methyl sites for hydroxylation is 1. The van der Waals surface area contributed by atoms with Crippen LogP contribution in [0.15, 0.2) is 54.7 Å². The van der Waals surface area contributed by atoms with E-state index in [0.717, 1.165) is 11.1 Å². The molecule has 0 fully saturated rings. The highest BCUT2D eigenvalue weighted by Gasteiger charge is 2.29. The van der Waals surface area contributed by atoms with E-state index in [-0.39, 0.29) is 35.0 Å². The highest BCUT2D eigenvalue weighted by molar-refractivity contribution is 6.35. The zero-order valence-corrected chi connectivity index (χ0v) is 23.0. The van der Waals surface area contributed by atoms with Crippen molar-refractivity contribution in [1.82, 2.24) is 10.3 Å². The van der Waals surface area contributed by atoms with Crippen LogP contribution in [-0.2, 0) is 6.42 Å². The van der Waals surface area contributed by atoms with Gasteiger partial charge in [-0.05, 0) is 85.9 Å². The van der Waals surface area contributed by atoms with E-state index in [1.165, 1.54) is 12.1 Å². The Morgan fingerprint density at radius 3 is 2.70 bits per heavy atom. The minimum atomic E-state index is -0.684. The Kier molecular flexibility index (Phi) is 7.16. The number of nitrogens with one attached hydrogen (secondary N) is 2. The van der Waals surface area contributed by atoms with Crippen molar-refractivity contribution in [2.45, 2.75) is 38.8 Å². The summed E-state index contributed by atoms with van der Waals surface area (Å²) in [4.78, 5) is 29.2. The van der Waals surface area contributed by atoms with Crippen LogP contribution < -0.4 is 15.8 Å². The summed E-state index contributed by atoms with van der Waals surface area (Å²) in [5, 5.41) is 14.0. The van der Waals surface area contributed by atoms with E-state index < -0.39 is 23.5 Å². The summed E-state index contributed by atoms with van der Waals surface area (Å²) in [6, 6.07) is 10.7. The SMILES string of the molecule is Cc1ccc(-c2cc3c(c(C(=O)NC(CO)Cc4c[nH]c5ccc(F)cc45)c2)OC(C)(C)C=C3)c(C(N)=O)c1Cl. The maximum atomic E-state index is 13.9. The average Bonchev–Trinajstić information content (AvgIpc) is 3.29. The quantitative estimate of drug-likeness (QED) is 0.236. The van der Waals surface area contributed by atoms with E-state index in [4.69, 9.17) is 22.1 Å². The van der Waals surface area contributed by atoms with Crippen LogP contribution in [0, 0.1) is 12.7 Å². The number of amides is 2. The topological polar surface area (TPSA) is 117 Å². The van der Waals surface area contributed by atoms with Crippen LogP contribution in [0.1, 0.15) is 51.3 Å². The molecule has 7 nitrogen and oxygen atoms in total. The van der Waals surface area contributed by atoms with E-state index in [2.05, 4.69) is 10.3 Å². The Morgan fingerprint density at radius 2 is 1.98 bits per heavy atom. The number of hydrogen-bond acceptors (Lipinski definition) is 4. The number of nitrogens with two attached hydrogens (primary N) is 1. The van der Waals surface area contributed by atoms with Gasteiger partial charge < -0.3 is 25.9 Å². The van der Waals surface area contributed by atoms with Gasteiger partial charge in [0.25, 0.3) is 11.8 Å². The first-order chi connectivity index (χ1) is 19.0. The summed E-state index contributed by atoms with van der Waals surface area (Å²) in [5.41, 5.74) is 9.30. The molecule has 0 spiro atoms. The van der Waals surface area contributed by atoms with Crippen LogP contribution in [0.5, 0.6) is 5.75 Å². The van der Waals surface area contributed by atoms with Crippen LogP contribution >= 0.6 is 11.6 Å². The highest BCUT2D eigenvalue weighted by atomic mass is 35.5. The summed E-state index contributed by atoms with van der Waals surface area (Å²) in [6.07, 6.45) is 5.75. The van der Waals surface area contributed by atoms with Crippen LogP contribution in [0.2, 0.25) is 5.02 Å². The monoisotopic (exact) mass is 561 g/mol. The second-order valence-corrected chi connectivity index (χ2v) is 10.9. The van der Waals surface area contributed by atoms with E-state index >= 15 is 0 Å². The predicted octanol–water partition coefficient (Wildman–Crippen LogP) is 5.55. The molecule has 5 N–H and O–H groups in total. The third-order valence-electron chi connectivity index (χ3n) is 7.04. The van der Waals surface area contributed by atoms with Gasteiger partial charge in [-0.3, -0.25) is 9.59 Å². The predicted molar refractivity (Wildman–Crippen MR) is 154 cm³/mol. The molecule has 0 aliphatic carbocycles. The number of carbonyl (C=O) groups is 2. The number of ether oxygens (including phenoxy) is 1. The largest absolute Gasteiger partial charge is 0.482 e. The lowest BCUT2D eigenvalue weighted by molar-refractivity contribution is 0.0903. The third-order valence-corrected chi connectivity index (χ3v) is 7.52. The molecule has 206 valence electrons. The number of H-pyrrole nitrogens is 1. The van der Waals surface area contributed by atoms with Crippen molar-refractivity contribution in [3.63, 3.8) is 0 Å². The van der Waals surface area contributed by atoms with Crippen LogP contribution in [0.3, 0.4) is 0 Å². The number of carbonyl (C=O) groups excluding carboxylic acids is 2. The molecule has 5 rings (SSSR count). The second kappa shape index (κ2) is 10.4. The van der Waals surface area contributed by atoms with Crippen LogP contribution in [0.4, 0.5) is 4.39 Å². The maximum Gasteiger partial charge on any atom is 0.255 e. The number of primary amides is 1. The van der Waals surface area contributed by atoms with Crippen molar-refractivity contribution in [3.8, 4) is 16.9 Å². The molecule has 0 radical (unpaired) electrons. The first-order valence-corrected chi connectivity index (χ1v) is 13.2. The Balaban J connectivity index is 1.55. The van der Waals surface area contributed by atoms with Gasteiger partial charge in [-0.1, -0.05) is 29.8 Å². The van der Waals surface area contributed by atoms with Gasteiger partial charge in [0.1, 0.15) is 17.2 Å². The maximum absolute atomic E-state index is 13.9. The summed E-state index contributed by atoms with van der Waals surface area (Å²) < 4.78 is 20.1. The van der Waals surface area contributed by atoms with Gasteiger partial charge in [-0.15, -0.1) is 0 Å². The van der Waals surface area contributed by atoms with Crippen LogP contribution in [-0.4, -0.2) is 40.2 Å². The molecule has 0 saturated carbocycles. The normalized spacial score (nSPS) is 14.4. The Bertz CT molecular complexity index is 1690. The van der Waals surface area contributed by atoms with Gasteiger partial charge in [-0.25, -0.2) is 4.39 Å². The molecule has 2 amide bonds. The van der Waals surface area contributed by atoms with E-state index in [9.17, 15) is 19.1 Å². The van der Waals surface area contributed by atoms with Crippen molar-refractivity contribution in [2.75, 3.05) is 6.61 Å². The summed E-state index contributed by atoms with van der Waals surface area (Å²) in [7, 11) is 0. The lowest BCUT2D eigenvalue weighted by Gasteiger charge is -2.30.